The molecule has 1 aromatic heterocycles. The van der Waals surface area contributed by atoms with Gasteiger partial charge >= 0.3 is 0 Å². The van der Waals surface area contributed by atoms with Crippen LogP contribution >= 0.6 is 11.8 Å². The van der Waals surface area contributed by atoms with Gasteiger partial charge in [-0.25, -0.2) is 4.98 Å². The Morgan fingerprint density at radius 2 is 2.22 bits per heavy atom. The molecule has 0 amide bonds. The van der Waals surface area contributed by atoms with E-state index in [0.29, 0.717) is 5.22 Å². The van der Waals surface area contributed by atoms with Crippen LogP contribution < -0.4 is 0 Å². The zero-order valence-corrected chi connectivity index (χ0v) is 10.4. The average molecular weight is 265 g/mol. The maximum atomic E-state index is 11.8. The normalized spacial score (nSPS) is 10.5. The number of phenolic OH excluding ortho intramolecular Hbond substituents is 2. The fourth-order valence-electron chi connectivity index (χ4n) is 1.36. The zero-order valence-electron chi connectivity index (χ0n) is 9.58. The lowest BCUT2D eigenvalue weighted by Crippen LogP contribution is -2.02. The third-order valence-electron chi connectivity index (χ3n) is 2.21. The molecule has 5 nitrogen and oxygen atoms in total. The summed E-state index contributed by atoms with van der Waals surface area (Å²) in [5.41, 5.74) is 0.918. The van der Waals surface area contributed by atoms with Crippen molar-refractivity contribution in [3.8, 4) is 11.5 Å². The van der Waals surface area contributed by atoms with Crippen LogP contribution in [0.25, 0.3) is 0 Å². The van der Waals surface area contributed by atoms with E-state index in [1.165, 1.54) is 18.4 Å². The van der Waals surface area contributed by atoms with E-state index in [4.69, 9.17) is 9.52 Å². The van der Waals surface area contributed by atoms with Crippen molar-refractivity contribution >= 4 is 17.5 Å². The quantitative estimate of drug-likeness (QED) is 0.652. The first-order valence-electron chi connectivity index (χ1n) is 5.16. The minimum absolute atomic E-state index is 0.0833. The number of rotatable bonds is 4. The van der Waals surface area contributed by atoms with Gasteiger partial charge in [-0.2, -0.15) is 0 Å². The van der Waals surface area contributed by atoms with E-state index in [1.54, 1.807) is 6.92 Å². The molecule has 0 aliphatic rings. The molecule has 0 radical (unpaired) electrons. The number of carbonyl (C=O) groups is 1. The SMILES string of the molecule is Cc1coc(SCC(=O)c2ccc(O)cc2O)n1. The number of aromatic nitrogens is 1. The van der Waals surface area contributed by atoms with Crippen LogP contribution in [-0.2, 0) is 0 Å². The summed E-state index contributed by atoms with van der Waals surface area (Å²) in [5, 5.41) is 19.1. The second-order valence-electron chi connectivity index (χ2n) is 3.67. The van der Waals surface area contributed by atoms with Crippen LogP contribution in [0.3, 0.4) is 0 Å². The van der Waals surface area contributed by atoms with Crippen molar-refractivity contribution in [3.05, 3.63) is 35.7 Å². The van der Waals surface area contributed by atoms with E-state index in [1.807, 2.05) is 0 Å². The van der Waals surface area contributed by atoms with Gasteiger partial charge in [0.25, 0.3) is 5.22 Å². The summed E-state index contributed by atoms with van der Waals surface area (Å²) in [6, 6.07) is 3.87. The number of nitrogens with zero attached hydrogens (tertiary/aromatic N) is 1. The molecule has 0 aliphatic heterocycles. The first kappa shape index (κ1) is 12.5. The van der Waals surface area contributed by atoms with Gasteiger partial charge in [-0.3, -0.25) is 4.79 Å². The Morgan fingerprint density at radius 3 is 2.83 bits per heavy atom. The smallest absolute Gasteiger partial charge is 0.256 e. The molecule has 0 atom stereocenters. The molecule has 2 N–H and O–H groups in total. The number of Topliss-reactive ketones (excluding diaryl/α,β-unsaturated/α-hetero) is 1. The molecule has 0 fully saturated rings. The molecule has 18 heavy (non-hydrogen) atoms. The first-order chi connectivity index (χ1) is 8.56. The number of oxazole rings is 1. The summed E-state index contributed by atoms with van der Waals surface area (Å²) in [5.74, 6) is -0.462. The predicted octanol–water partition coefficient (Wildman–Crippen LogP) is 2.37. The number of carbonyl (C=O) groups excluding carboxylic acids is 1. The molecule has 2 aromatic rings. The van der Waals surface area contributed by atoms with E-state index in [2.05, 4.69) is 4.98 Å². The van der Waals surface area contributed by atoms with E-state index >= 15 is 0 Å². The summed E-state index contributed by atoms with van der Waals surface area (Å²) < 4.78 is 5.10. The number of phenols is 2. The van der Waals surface area contributed by atoms with Gasteiger partial charge < -0.3 is 14.6 Å². The zero-order chi connectivity index (χ0) is 13.1. The lowest BCUT2D eigenvalue weighted by Gasteiger charge is -2.02. The highest BCUT2D eigenvalue weighted by atomic mass is 32.2. The number of aryl methyl sites for hydroxylation is 1. The van der Waals surface area contributed by atoms with Gasteiger partial charge in [0, 0.05) is 6.07 Å². The lowest BCUT2D eigenvalue weighted by molar-refractivity contribution is 0.101. The molecular weight excluding hydrogens is 254 g/mol. The molecule has 94 valence electrons. The lowest BCUT2D eigenvalue weighted by atomic mass is 10.1. The van der Waals surface area contributed by atoms with Crippen LogP contribution in [0.4, 0.5) is 0 Å². The van der Waals surface area contributed by atoms with Crippen LogP contribution in [-0.4, -0.2) is 26.7 Å². The minimum atomic E-state index is -0.256. The van der Waals surface area contributed by atoms with Gasteiger partial charge in [0.1, 0.15) is 17.8 Å². The average Bonchev–Trinajstić information content (AvgIpc) is 2.72. The second-order valence-corrected chi connectivity index (χ2v) is 4.59. The monoisotopic (exact) mass is 265 g/mol. The molecule has 1 aromatic carbocycles. The molecule has 1 heterocycles. The third kappa shape index (κ3) is 2.84. The highest BCUT2D eigenvalue weighted by Crippen LogP contribution is 2.25. The van der Waals surface area contributed by atoms with E-state index in [-0.39, 0.29) is 28.6 Å². The number of benzene rings is 1. The Labute approximate surface area is 107 Å². The van der Waals surface area contributed by atoms with Crippen LogP contribution in [0.2, 0.25) is 0 Å². The van der Waals surface area contributed by atoms with Crippen molar-refractivity contribution in [1.29, 1.82) is 0 Å². The molecule has 2 rings (SSSR count). The molecule has 6 heteroatoms. The molecule has 0 spiro atoms. The third-order valence-corrected chi connectivity index (χ3v) is 3.05. The fourth-order valence-corrected chi connectivity index (χ4v) is 2.09. The van der Waals surface area contributed by atoms with Gasteiger partial charge in [0.05, 0.1) is 17.0 Å². The Morgan fingerprint density at radius 1 is 1.44 bits per heavy atom. The van der Waals surface area contributed by atoms with Crippen molar-refractivity contribution in [1.82, 2.24) is 4.98 Å². The summed E-state index contributed by atoms with van der Waals surface area (Å²) in [6.45, 7) is 1.79. The molecular formula is C12H11NO4S. The van der Waals surface area contributed by atoms with Gasteiger partial charge in [0.2, 0.25) is 0 Å². The number of aromatic hydroxyl groups is 2. The van der Waals surface area contributed by atoms with Crippen molar-refractivity contribution in [2.45, 2.75) is 12.1 Å². The van der Waals surface area contributed by atoms with Gasteiger partial charge in [-0.1, -0.05) is 11.8 Å². The predicted molar refractivity (Wildman–Crippen MR) is 66.1 cm³/mol. The van der Waals surface area contributed by atoms with Crippen molar-refractivity contribution in [2.24, 2.45) is 0 Å². The molecule has 0 unspecified atom stereocenters. The highest BCUT2D eigenvalue weighted by Gasteiger charge is 2.13. The van der Waals surface area contributed by atoms with Crippen LogP contribution in [0, 0.1) is 6.92 Å². The van der Waals surface area contributed by atoms with Crippen LogP contribution in [0.15, 0.2) is 34.1 Å². The summed E-state index contributed by atoms with van der Waals surface area (Å²) in [4.78, 5) is 15.9. The van der Waals surface area contributed by atoms with E-state index in [9.17, 15) is 9.90 Å². The Kier molecular flexibility index (Phi) is 3.57. The Hall–Kier alpha value is -1.95. The summed E-state index contributed by atoms with van der Waals surface area (Å²) in [6.07, 6.45) is 1.50. The molecule has 0 saturated heterocycles. The topological polar surface area (TPSA) is 83.6 Å². The maximum absolute atomic E-state index is 11.8. The van der Waals surface area contributed by atoms with Gasteiger partial charge in [0.15, 0.2) is 5.78 Å². The standard InChI is InChI=1S/C12H11NO4S/c1-7-5-17-12(13-7)18-6-11(16)9-3-2-8(14)4-10(9)15/h2-5,14-15H,6H2,1H3. The Bertz CT molecular complexity index is 579. The maximum Gasteiger partial charge on any atom is 0.256 e. The summed E-state index contributed by atoms with van der Waals surface area (Å²) in [7, 11) is 0. The number of hydrogen-bond acceptors (Lipinski definition) is 6. The van der Waals surface area contributed by atoms with Gasteiger partial charge in [-0.15, -0.1) is 0 Å². The van der Waals surface area contributed by atoms with Crippen molar-refractivity contribution < 1.29 is 19.4 Å². The van der Waals surface area contributed by atoms with Crippen LogP contribution in [0.1, 0.15) is 16.1 Å². The largest absolute Gasteiger partial charge is 0.508 e. The molecule has 0 bridgehead atoms. The van der Waals surface area contributed by atoms with Crippen LogP contribution in [0.5, 0.6) is 11.5 Å². The van der Waals surface area contributed by atoms with E-state index in [0.717, 1.165) is 23.5 Å². The summed E-state index contributed by atoms with van der Waals surface area (Å²) >= 11 is 1.16. The number of thioether (sulfide) groups is 1. The second kappa shape index (κ2) is 5.14. The molecule has 0 saturated carbocycles. The molecule has 0 aliphatic carbocycles. The fraction of sp³-hybridized carbons (Fsp3) is 0.167. The number of ketones is 1. The first-order valence-corrected chi connectivity index (χ1v) is 6.15. The van der Waals surface area contributed by atoms with Crippen molar-refractivity contribution in [3.63, 3.8) is 0 Å². The van der Waals surface area contributed by atoms with Gasteiger partial charge in [-0.05, 0) is 19.1 Å². The van der Waals surface area contributed by atoms with Crippen molar-refractivity contribution in [2.75, 3.05) is 5.75 Å². The van der Waals surface area contributed by atoms with E-state index < -0.39 is 0 Å². The minimum Gasteiger partial charge on any atom is -0.508 e. The Balaban J connectivity index is 2.03. The highest BCUT2D eigenvalue weighted by molar-refractivity contribution is 7.99. The number of hydrogen-bond donors (Lipinski definition) is 2.